The topological polar surface area (TPSA) is 61.5 Å². The molecule has 0 aliphatic rings. The van der Waals surface area contributed by atoms with Crippen molar-refractivity contribution in [1.82, 2.24) is 0 Å². The minimum Gasteiger partial charge on any atom is -0.491 e. The van der Waals surface area contributed by atoms with Gasteiger partial charge in [-0.05, 0) is 31.5 Å². The predicted molar refractivity (Wildman–Crippen MR) is 90.3 cm³/mol. The van der Waals surface area contributed by atoms with Crippen LogP contribution < -0.4 is 10.5 Å². The molecule has 4 heteroatoms. The summed E-state index contributed by atoms with van der Waals surface area (Å²) in [5.74, 6) is 0.222. The minimum absolute atomic E-state index is 0.344. The lowest BCUT2D eigenvalue weighted by Crippen LogP contribution is -2.06. The van der Waals surface area contributed by atoms with E-state index in [9.17, 15) is 4.79 Å². The summed E-state index contributed by atoms with van der Waals surface area (Å²) in [4.78, 5) is 11.7. The average Bonchev–Trinajstić information content (AvgIpc) is 2.51. The molecule has 0 aliphatic carbocycles. The van der Waals surface area contributed by atoms with E-state index in [1.807, 2.05) is 0 Å². The zero-order chi connectivity index (χ0) is 16.2. The summed E-state index contributed by atoms with van der Waals surface area (Å²) in [7, 11) is 0. The monoisotopic (exact) mass is 307 g/mol. The molecule has 0 unspecified atom stereocenters. The third kappa shape index (κ3) is 6.83. The molecule has 0 aliphatic heterocycles. The van der Waals surface area contributed by atoms with E-state index in [-0.39, 0.29) is 5.97 Å². The van der Waals surface area contributed by atoms with Gasteiger partial charge in [-0.25, -0.2) is 4.79 Å². The third-order valence-corrected chi connectivity index (χ3v) is 3.53. The number of carbonyl (C=O) groups excluding carboxylic acids is 1. The molecule has 2 N–H and O–H groups in total. The lowest BCUT2D eigenvalue weighted by atomic mass is 10.1. The van der Waals surface area contributed by atoms with Gasteiger partial charge >= 0.3 is 5.97 Å². The normalized spacial score (nSPS) is 10.5. The number of unbranched alkanes of at least 4 members (excludes halogenated alkanes) is 6. The Morgan fingerprint density at radius 1 is 1.05 bits per heavy atom. The summed E-state index contributed by atoms with van der Waals surface area (Å²) in [5.41, 5.74) is 6.91. The summed E-state index contributed by atoms with van der Waals surface area (Å²) in [5, 5.41) is 0. The third-order valence-electron chi connectivity index (χ3n) is 3.53. The number of ether oxygens (including phenoxy) is 2. The lowest BCUT2D eigenvalue weighted by molar-refractivity contribution is 0.0526. The summed E-state index contributed by atoms with van der Waals surface area (Å²) in [6.45, 7) is 5.00. The number of carbonyl (C=O) groups is 1. The number of hydrogen-bond acceptors (Lipinski definition) is 4. The first-order chi connectivity index (χ1) is 10.7. The molecule has 1 rings (SSSR count). The van der Waals surface area contributed by atoms with E-state index in [1.165, 1.54) is 38.5 Å². The van der Waals surface area contributed by atoms with Gasteiger partial charge in [0.1, 0.15) is 5.75 Å². The average molecular weight is 307 g/mol. The van der Waals surface area contributed by atoms with Crippen LogP contribution in [-0.2, 0) is 4.74 Å². The van der Waals surface area contributed by atoms with Crippen LogP contribution in [0.15, 0.2) is 18.2 Å². The van der Waals surface area contributed by atoms with Crippen molar-refractivity contribution in [3.63, 3.8) is 0 Å². The number of esters is 1. The number of nitrogen functional groups attached to an aromatic ring is 1. The number of benzene rings is 1. The van der Waals surface area contributed by atoms with E-state index in [1.54, 1.807) is 25.1 Å². The molecule has 0 radical (unpaired) electrons. The van der Waals surface area contributed by atoms with Crippen molar-refractivity contribution in [3.05, 3.63) is 23.8 Å². The highest BCUT2D eigenvalue weighted by Crippen LogP contribution is 2.23. The zero-order valence-electron chi connectivity index (χ0n) is 13.9. The van der Waals surface area contributed by atoms with Crippen LogP contribution in [0.4, 0.5) is 5.69 Å². The first-order valence-corrected chi connectivity index (χ1v) is 8.38. The Balaban J connectivity index is 2.32. The fraction of sp³-hybridized carbons (Fsp3) is 0.611. The van der Waals surface area contributed by atoms with Gasteiger partial charge in [0.25, 0.3) is 0 Å². The first kappa shape index (κ1) is 18.3. The Bertz CT molecular complexity index is 446. The molecule has 0 saturated carbocycles. The maximum absolute atomic E-state index is 11.7. The molecule has 0 heterocycles. The molecule has 0 amide bonds. The zero-order valence-corrected chi connectivity index (χ0v) is 13.9. The van der Waals surface area contributed by atoms with Crippen LogP contribution in [0.25, 0.3) is 0 Å². The lowest BCUT2D eigenvalue weighted by Gasteiger charge is -2.10. The molecule has 0 saturated heterocycles. The van der Waals surface area contributed by atoms with E-state index in [2.05, 4.69) is 6.92 Å². The number of anilines is 1. The number of nitrogens with two attached hydrogens (primary N) is 1. The fourth-order valence-corrected chi connectivity index (χ4v) is 2.24. The molecular formula is C18H29NO3. The summed E-state index contributed by atoms with van der Waals surface area (Å²) in [6.07, 6.45) is 8.66. The van der Waals surface area contributed by atoms with Crippen LogP contribution in [0, 0.1) is 0 Å². The highest BCUT2D eigenvalue weighted by Gasteiger charge is 2.10. The van der Waals surface area contributed by atoms with Crippen molar-refractivity contribution in [2.75, 3.05) is 18.9 Å². The molecule has 124 valence electrons. The molecule has 22 heavy (non-hydrogen) atoms. The molecule has 1 aromatic carbocycles. The van der Waals surface area contributed by atoms with Gasteiger partial charge < -0.3 is 15.2 Å². The Kier molecular flexibility index (Phi) is 9.12. The van der Waals surface area contributed by atoms with Gasteiger partial charge in [-0.2, -0.15) is 0 Å². The minimum atomic E-state index is -0.344. The molecule has 0 fully saturated rings. The SMILES string of the molecule is CCCCCCCCCOc1cc(C(=O)OCC)ccc1N. The quantitative estimate of drug-likeness (QED) is 0.369. The second kappa shape index (κ2) is 10.9. The first-order valence-electron chi connectivity index (χ1n) is 8.38. The van der Waals surface area contributed by atoms with Gasteiger partial charge in [0.15, 0.2) is 0 Å². The van der Waals surface area contributed by atoms with Crippen LogP contribution in [0.1, 0.15) is 69.2 Å². The smallest absolute Gasteiger partial charge is 0.338 e. The fourth-order valence-electron chi connectivity index (χ4n) is 2.24. The number of rotatable bonds is 11. The van der Waals surface area contributed by atoms with E-state index in [4.69, 9.17) is 15.2 Å². The molecule has 0 bridgehead atoms. The summed E-state index contributed by atoms with van der Waals surface area (Å²) < 4.78 is 10.7. The van der Waals surface area contributed by atoms with Crippen LogP contribution in [0.2, 0.25) is 0 Å². The Hall–Kier alpha value is -1.71. The van der Waals surface area contributed by atoms with Gasteiger partial charge in [-0.3, -0.25) is 0 Å². The van der Waals surface area contributed by atoms with E-state index < -0.39 is 0 Å². The standard InChI is InChI=1S/C18H29NO3/c1-3-5-6-7-8-9-10-13-22-17-14-15(11-12-16(17)19)18(20)21-4-2/h11-12,14H,3-10,13,19H2,1-2H3. The van der Waals surface area contributed by atoms with Crippen molar-refractivity contribution in [2.24, 2.45) is 0 Å². The van der Waals surface area contributed by atoms with Gasteiger partial charge in [0.2, 0.25) is 0 Å². The molecule has 0 atom stereocenters. The van der Waals surface area contributed by atoms with Crippen molar-refractivity contribution in [3.8, 4) is 5.75 Å². The van der Waals surface area contributed by atoms with Crippen LogP contribution in [-0.4, -0.2) is 19.2 Å². The van der Waals surface area contributed by atoms with Crippen molar-refractivity contribution >= 4 is 11.7 Å². The van der Waals surface area contributed by atoms with Crippen molar-refractivity contribution < 1.29 is 14.3 Å². The largest absolute Gasteiger partial charge is 0.491 e. The highest BCUT2D eigenvalue weighted by molar-refractivity contribution is 5.90. The second-order valence-corrected chi connectivity index (χ2v) is 5.44. The Labute approximate surface area is 134 Å². The van der Waals surface area contributed by atoms with Crippen LogP contribution in [0.3, 0.4) is 0 Å². The van der Waals surface area contributed by atoms with Crippen LogP contribution >= 0.6 is 0 Å². The van der Waals surface area contributed by atoms with Gasteiger partial charge in [0, 0.05) is 0 Å². The maximum Gasteiger partial charge on any atom is 0.338 e. The molecule has 4 nitrogen and oxygen atoms in total. The van der Waals surface area contributed by atoms with E-state index in [0.717, 1.165) is 6.42 Å². The molecular weight excluding hydrogens is 278 g/mol. The summed E-state index contributed by atoms with van der Waals surface area (Å²) >= 11 is 0. The van der Waals surface area contributed by atoms with Gasteiger partial charge in [-0.1, -0.05) is 45.4 Å². The second-order valence-electron chi connectivity index (χ2n) is 5.44. The Morgan fingerprint density at radius 2 is 1.73 bits per heavy atom. The molecule has 0 spiro atoms. The van der Waals surface area contributed by atoms with Crippen molar-refractivity contribution in [2.45, 2.75) is 58.8 Å². The van der Waals surface area contributed by atoms with Gasteiger partial charge in [-0.15, -0.1) is 0 Å². The van der Waals surface area contributed by atoms with Crippen LogP contribution in [0.5, 0.6) is 5.75 Å². The Morgan fingerprint density at radius 3 is 2.41 bits per heavy atom. The number of hydrogen-bond donors (Lipinski definition) is 1. The summed E-state index contributed by atoms with van der Waals surface area (Å²) in [6, 6.07) is 5.01. The predicted octanol–water partition coefficient (Wildman–Crippen LogP) is 4.57. The molecule has 0 aromatic heterocycles. The molecule has 1 aromatic rings. The van der Waals surface area contributed by atoms with Crippen molar-refractivity contribution in [1.29, 1.82) is 0 Å². The van der Waals surface area contributed by atoms with E-state index >= 15 is 0 Å². The maximum atomic E-state index is 11.7. The highest BCUT2D eigenvalue weighted by atomic mass is 16.5. The van der Waals surface area contributed by atoms with E-state index in [0.29, 0.717) is 30.2 Å². The van der Waals surface area contributed by atoms with Gasteiger partial charge in [0.05, 0.1) is 24.5 Å².